The standard InChI is InChI=1S/C20H32N4O2/c1-6-21-19(23-16-11-12-18(25)24(5)14-16)22-13-15-9-7-8-10-17(15)26-20(2,3)4/h7-10,16H,6,11-14H2,1-5H3,(H2,21,22,23). The number of aliphatic imine (C=N–C) groups is 1. The molecule has 1 aromatic carbocycles. The summed E-state index contributed by atoms with van der Waals surface area (Å²) in [6.45, 7) is 10.2. The van der Waals surface area contributed by atoms with Crippen molar-refractivity contribution in [3.05, 3.63) is 29.8 Å². The van der Waals surface area contributed by atoms with Crippen LogP contribution in [0.25, 0.3) is 0 Å². The Morgan fingerprint density at radius 1 is 1.35 bits per heavy atom. The number of rotatable bonds is 5. The molecule has 1 unspecified atom stereocenters. The Labute approximate surface area is 157 Å². The van der Waals surface area contributed by atoms with E-state index in [1.165, 1.54) is 0 Å². The molecule has 1 aromatic rings. The summed E-state index contributed by atoms with van der Waals surface area (Å²) in [4.78, 5) is 18.2. The second kappa shape index (κ2) is 8.92. The number of benzene rings is 1. The summed E-state index contributed by atoms with van der Waals surface area (Å²) >= 11 is 0. The summed E-state index contributed by atoms with van der Waals surface area (Å²) in [6, 6.07) is 8.23. The summed E-state index contributed by atoms with van der Waals surface area (Å²) in [6.07, 6.45) is 1.41. The van der Waals surface area contributed by atoms with Gasteiger partial charge in [0.25, 0.3) is 0 Å². The maximum absolute atomic E-state index is 11.7. The molecule has 1 aliphatic heterocycles. The van der Waals surface area contributed by atoms with Crippen LogP contribution in [0.2, 0.25) is 0 Å². The number of carbonyl (C=O) groups is 1. The van der Waals surface area contributed by atoms with Gasteiger partial charge in [0.2, 0.25) is 5.91 Å². The number of ether oxygens (including phenoxy) is 1. The number of piperidine rings is 1. The van der Waals surface area contributed by atoms with Crippen molar-refractivity contribution < 1.29 is 9.53 Å². The number of para-hydroxylation sites is 1. The summed E-state index contributed by atoms with van der Waals surface area (Å²) in [5.74, 6) is 1.84. The van der Waals surface area contributed by atoms with E-state index < -0.39 is 0 Å². The van der Waals surface area contributed by atoms with Crippen LogP contribution in [0.3, 0.4) is 0 Å². The highest BCUT2D eigenvalue weighted by Gasteiger charge is 2.23. The number of likely N-dealkylation sites (N-methyl/N-ethyl adjacent to an activating group) is 1. The van der Waals surface area contributed by atoms with Gasteiger partial charge in [0.1, 0.15) is 11.4 Å². The first-order valence-corrected chi connectivity index (χ1v) is 9.34. The molecule has 1 amide bonds. The van der Waals surface area contributed by atoms with E-state index in [0.29, 0.717) is 19.5 Å². The first-order valence-electron chi connectivity index (χ1n) is 9.34. The van der Waals surface area contributed by atoms with Gasteiger partial charge in [-0.05, 0) is 40.2 Å². The van der Waals surface area contributed by atoms with Crippen molar-refractivity contribution in [2.75, 3.05) is 20.1 Å². The minimum Gasteiger partial charge on any atom is -0.488 e. The van der Waals surface area contributed by atoms with Crippen LogP contribution < -0.4 is 15.4 Å². The van der Waals surface area contributed by atoms with Gasteiger partial charge in [0.05, 0.1) is 6.54 Å². The summed E-state index contributed by atoms with van der Waals surface area (Å²) in [5.41, 5.74) is 0.803. The molecule has 1 aliphatic rings. The fourth-order valence-electron chi connectivity index (χ4n) is 2.87. The van der Waals surface area contributed by atoms with Crippen molar-refractivity contribution in [2.24, 2.45) is 4.99 Å². The first-order chi connectivity index (χ1) is 12.3. The summed E-state index contributed by atoms with van der Waals surface area (Å²) in [7, 11) is 1.85. The van der Waals surface area contributed by atoms with E-state index in [0.717, 1.165) is 30.2 Å². The smallest absolute Gasteiger partial charge is 0.222 e. The van der Waals surface area contributed by atoms with Crippen LogP contribution in [0.4, 0.5) is 0 Å². The molecule has 1 saturated heterocycles. The van der Waals surface area contributed by atoms with Crippen LogP contribution >= 0.6 is 0 Å². The Kier molecular flexibility index (Phi) is 6.89. The number of guanidine groups is 1. The molecule has 2 N–H and O–H groups in total. The van der Waals surface area contributed by atoms with Gasteiger partial charge in [-0.3, -0.25) is 4.79 Å². The van der Waals surface area contributed by atoms with Crippen molar-refractivity contribution in [1.82, 2.24) is 15.5 Å². The number of nitrogens with zero attached hydrogens (tertiary/aromatic N) is 2. The van der Waals surface area contributed by atoms with Gasteiger partial charge in [-0.15, -0.1) is 0 Å². The Morgan fingerprint density at radius 3 is 2.73 bits per heavy atom. The topological polar surface area (TPSA) is 66.0 Å². The van der Waals surface area contributed by atoms with E-state index >= 15 is 0 Å². The molecule has 144 valence electrons. The maximum atomic E-state index is 11.7. The molecule has 0 aromatic heterocycles. The van der Waals surface area contributed by atoms with Crippen LogP contribution in [0.1, 0.15) is 46.1 Å². The molecular formula is C20H32N4O2. The minimum atomic E-state index is -0.248. The quantitative estimate of drug-likeness (QED) is 0.626. The van der Waals surface area contributed by atoms with E-state index in [9.17, 15) is 4.79 Å². The number of amides is 1. The van der Waals surface area contributed by atoms with Crippen LogP contribution in [-0.4, -0.2) is 48.5 Å². The third kappa shape index (κ3) is 6.24. The highest BCUT2D eigenvalue weighted by molar-refractivity contribution is 5.81. The molecule has 2 rings (SSSR count). The third-order valence-corrected chi connectivity index (χ3v) is 4.11. The maximum Gasteiger partial charge on any atom is 0.222 e. The van der Waals surface area contributed by atoms with E-state index in [2.05, 4.69) is 10.6 Å². The lowest BCUT2D eigenvalue weighted by Crippen LogP contribution is -2.51. The predicted octanol–water partition coefficient (Wildman–Crippen LogP) is 2.54. The zero-order valence-corrected chi connectivity index (χ0v) is 16.6. The minimum absolute atomic E-state index is 0.207. The molecule has 1 fully saturated rings. The lowest BCUT2D eigenvalue weighted by Gasteiger charge is -2.31. The van der Waals surface area contributed by atoms with Crippen LogP contribution in [-0.2, 0) is 11.3 Å². The largest absolute Gasteiger partial charge is 0.488 e. The molecule has 0 bridgehead atoms. The number of nitrogens with one attached hydrogen (secondary N) is 2. The van der Waals surface area contributed by atoms with Crippen molar-refractivity contribution in [1.29, 1.82) is 0 Å². The molecule has 1 heterocycles. The molecule has 0 aliphatic carbocycles. The average Bonchev–Trinajstić information content (AvgIpc) is 2.56. The van der Waals surface area contributed by atoms with E-state index in [4.69, 9.17) is 9.73 Å². The molecule has 6 heteroatoms. The Balaban J connectivity index is 2.06. The zero-order valence-electron chi connectivity index (χ0n) is 16.6. The van der Waals surface area contributed by atoms with Gasteiger partial charge in [0, 0.05) is 38.2 Å². The van der Waals surface area contributed by atoms with Gasteiger partial charge in [-0.1, -0.05) is 18.2 Å². The summed E-state index contributed by atoms with van der Waals surface area (Å²) < 4.78 is 6.05. The van der Waals surface area contributed by atoms with Crippen molar-refractivity contribution in [3.63, 3.8) is 0 Å². The van der Waals surface area contributed by atoms with Gasteiger partial charge in [-0.2, -0.15) is 0 Å². The molecule has 0 saturated carbocycles. The van der Waals surface area contributed by atoms with Crippen molar-refractivity contribution in [3.8, 4) is 5.75 Å². The van der Waals surface area contributed by atoms with Gasteiger partial charge >= 0.3 is 0 Å². The monoisotopic (exact) mass is 360 g/mol. The van der Waals surface area contributed by atoms with E-state index in [1.54, 1.807) is 4.90 Å². The predicted molar refractivity (Wildman–Crippen MR) is 105 cm³/mol. The highest BCUT2D eigenvalue weighted by Crippen LogP contribution is 2.23. The van der Waals surface area contributed by atoms with Crippen molar-refractivity contribution >= 4 is 11.9 Å². The second-order valence-electron chi connectivity index (χ2n) is 7.67. The SMILES string of the molecule is CCNC(=NCc1ccccc1OC(C)(C)C)NC1CCC(=O)N(C)C1. The Bertz CT molecular complexity index is 637. The second-order valence-corrected chi connectivity index (χ2v) is 7.67. The zero-order chi connectivity index (χ0) is 19.2. The fourth-order valence-corrected chi connectivity index (χ4v) is 2.87. The highest BCUT2D eigenvalue weighted by atomic mass is 16.5. The molecular weight excluding hydrogens is 328 g/mol. The molecule has 6 nitrogen and oxygen atoms in total. The lowest BCUT2D eigenvalue weighted by molar-refractivity contribution is -0.132. The number of carbonyl (C=O) groups excluding carboxylic acids is 1. The normalized spacial score (nSPS) is 18.7. The number of hydrogen-bond acceptors (Lipinski definition) is 3. The Hall–Kier alpha value is -2.24. The van der Waals surface area contributed by atoms with E-state index in [1.807, 2.05) is 59.0 Å². The number of hydrogen-bond donors (Lipinski definition) is 2. The molecule has 1 atom stereocenters. The van der Waals surface area contributed by atoms with Gasteiger partial charge in [0.15, 0.2) is 5.96 Å². The molecule has 26 heavy (non-hydrogen) atoms. The van der Waals surface area contributed by atoms with Crippen molar-refractivity contribution in [2.45, 2.75) is 58.7 Å². The van der Waals surface area contributed by atoms with Gasteiger partial charge < -0.3 is 20.3 Å². The summed E-state index contributed by atoms with van der Waals surface area (Å²) in [5, 5.41) is 6.74. The molecule has 0 spiro atoms. The van der Waals surface area contributed by atoms with Crippen LogP contribution in [0.5, 0.6) is 5.75 Å². The van der Waals surface area contributed by atoms with Gasteiger partial charge in [-0.25, -0.2) is 4.99 Å². The van der Waals surface area contributed by atoms with E-state index in [-0.39, 0.29) is 17.6 Å². The fraction of sp³-hybridized carbons (Fsp3) is 0.600. The van der Waals surface area contributed by atoms with Crippen LogP contribution in [0.15, 0.2) is 29.3 Å². The first kappa shape index (κ1) is 20.1. The van der Waals surface area contributed by atoms with Crippen LogP contribution in [0, 0.1) is 0 Å². The Morgan fingerprint density at radius 2 is 2.08 bits per heavy atom. The molecule has 0 radical (unpaired) electrons. The lowest BCUT2D eigenvalue weighted by atomic mass is 10.1. The number of likely N-dealkylation sites (tertiary alicyclic amines) is 1. The average molecular weight is 361 g/mol. The third-order valence-electron chi connectivity index (χ3n) is 4.11.